The highest BCUT2D eigenvalue weighted by molar-refractivity contribution is 7.98. The Labute approximate surface area is 194 Å². The molecular formula is C24H19Cl2NO3S. The lowest BCUT2D eigenvalue weighted by atomic mass is 10.1. The van der Waals surface area contributed by atoms with Gasteiger partial charge in [-0.1, -0.05) is 41.4 Å². The van der Waals surface area contributed by atoms with E-state index < -0.39 is 5.97 Å². The first kappa shape index (κ1) is 21.6. The molecule has 0 atom stereocenters. The molecule has 0 aliphatic rings. The van der Waals surface area contributed by atoms with E-state index in [-0.39, 0.29) is 10.6 Å². The Bertz CT molecular complexity index is 1290. The highest BCUT2D eigenvalue weighted by Crippen LogP contribution is 2.37. The average Bonchev–Trinajstić information content (AvgIpc) is 3.09. The van der Waals surface area contributed by atoms with E-state index in [1.165, 1.54) is 6.07 Å². The maximum absolute atomic E-state index is 11.6. The van der Waals surface area contributed by atoms with Crippen LogP contribution in [-0.4, -0.2) is 22.2 Å². The standard InChI is InChI=1S/C24H19Cl2NO3S/c1-14-10-16(30-2)13-22-19(14)11-15(27(22)31-17-6-4-3-5-7-17)12-20-21(25)9-8-18(23(20)26)24(28)29/h3-11,13H,12H2,1-2H3,(H,28,29). The number of rotatable bonds is 6. The van der Waals surface area contributed by atoms with E-state index in [0.717, 1.165) is 32.8 Å². The summed E-state index contributed by atoms with van der Waals surface area (Å²) >= 11 is 14.5. The van der Waals surface area contributed by atoms with E-state index in [4.69, 9.17) is 27.9 Å². The van der Waals surface area contributed by atoms with E-state index >= 15 is 0 Å². The average molecular weight is 472 g/mol. The minimum absolute atomic E-state index is 0.0392. The Morgan fingerprint density at radius 3 is 2.52 bits per heavy atom. The van der Waals surface area contributed by atoms with E-state index in [2.05, 4.69) is 10.0 Å². The number of nitrogens with zero attached hydrogens (tertiary/aromatic N) is 1. The lowest BCUT2D eigenvalue weighted by Crippen LogP contribution is -2.03. The second-order valence-corrected chi connectivity index (χ2v) is 8.89. The van der Waals surface area contributed by atoms with Gasteiger partial charge >= 0.3 is 5.97 Å². The molecule has 7 heteroatoms. The third-order valence-electron chi connectivity index (χ3n) is 5.08. The number of carboxylic acid groups (broad SMARTS) is 1. The Kier molecular flexibility index (Phi) is 6.19. The van der Waals surface area contributed by atoms with Crippen molar-refractivity contribution in [3.8, 4) is 5.75 Å². The molecule has 4 rings (SSSR count). The van der Waals surface area contributed by atoms with E-state index in [0.29, 0.717) is 17.0 Å². The molecule has 0 amide bonds. The van der Waals surface area contributed by atoms with Gasteiger partial charge in [0.2, 0.25) is 0 Å². The second kappa shape index (κ2) is 8.87. The molecule has 158 valence electrons. The van der Waals surface area contributed by atoms with Crippen molar-refractivity contribution in [3.05, 3.63) is 93.1 Å². The molecule has 0 unspecified atom stereocenters. The number of aromatic carboxylic acids is 1. The van der Waals surface area contributed by atoms with Crippen molar-refractivity contribution < 1.29 is 14.6 Å². The number of aromatic nitrogens is 1. The highest BCUT2D eigenvalue weighted by atomic mass is 35.5. The van der Waals surface area contributed by atoms with Crippen molar-refractivity contribution in [2.24, 2.45) is 0 Å². The molecular weight excluding hydrogens is 453 g/mol. The first-order chi connectivity index (χ1) is 14.9. The van der Waals surface area contributed by atoms with Gasteiger partial charge in [0.05, 0.1) is 23.2 Å². The zero-order chi connectivity index (χ0) is 22.1. The summed E-state index contributed by atoms with van der Waals surface area (Å²) < 4.78 is 7.61. The lowest BCUT2D eigenvalue weighted by molar-refractivity contribution is 0.0697. The van der Waals surface area contributed by atoms with Gasteiger partial charge in [-0.15, -0.1) is 0 Å². The molecule has 1 N–H and O–H groups in total. The van der Waals surface area contributed by atoms with Gasteiger partial charge in [0, 0.05) is 33.5 Å². The minimum Gasteiger partial charge on any atom is -0.497 e. The zero-order valence-corrected chi connectivity index (χ0v) is 19.2. The van der Waals surface area contributed by atoms with Crippen LogP contribution in [-0.2, 0) is 6.42 Å². The number of ether oxygens (including phenoxy) is 1. The number of halogens is 2. The Hall–Kier alpha value is -2.60. The number of carboxylic acids is 1. The minimum atomic E-state index is -1.08. The van der Waals surface area contributed by atoms with E-state index in [9.17, 15) is 9.90 Å². The summed E-state index contributed by atoms with van der Waals surface area (Å²) in [6.45, 7) is 2.04. The number of hydrogen-bond acceptors (Lipinski definition) is 3. The van der Waals surface area contributed by atoms with Crippen molar-refractivity contribution in [3.63, 3.8) is 0 Å². The third kappa shape index (κ3) is 4.26. The highest BCUT2D eigenvalue weighted by Gasteiger charge is 2.20. The number of aryl methyl sites for hydroxylation is 1. The number of benzene rings is 3. The van der Waals surface area contributed by atoms with Crippen LogP contribution in [0.15, 0.2) is 65.6 Å². The van der Waals surface area contributed by atoms with Gasteiger partial charge in [-0.25, -0.2) is 4.79 Å². The molecule has 1 heterocycles. The molecule has 0 radical (unpaired) electrons. The Morgan fingerprint density at radius 1 is 1.10 bits per heavy atom. The number of carbonyl (C=O) groups is 1. The molecule has 31 heavy (non-hydrogen) atoms. The van der Waals surface area contributed by atoms with Gasteiger partial charge in [-0.05, 0) is 66.4 Å². The van der Waals surface area contributed by atoms with Crippen molar-refractivity contribution in [1.82, 2.24) is 3.97 Å². The first-order valence-electron chi connectivity index (χ1n) is 9.51. The summed E-state index contributed by atoms with van der Waals surface area (Å²) in [5.41, 5.74) is 3.66. The number of methoxy groups -OCH3 is 1. The topological polar surface area (TPSA) is 51.5 Å². The predicted molar refractivity (Wildman–Crippen MR) is 127 cm³/mol. The van der Waals surface area contributed by atoms with Gasteiger partial charge < -0.3 is 9.84 Å². The largest absolute Gasteiger partial charge is 0.497 e. The molecule has 1 aromatic heterocycles. The fraction of sp³-hybridized carbons (Fsp3) is 0.125. The maximum Gasteiger partial charge on any atom is 0.337 e. The van der Waals surface area contributed by atoms with Crippen molar-refractivity contribution in [2.75, 3.05) is 7.11 Å². The summed E-state index contributed by atoms with van der Waals surface area (Å²) in [6, 6.07) is 19.1. The van der Waals surface area contributed by atoms with Crippen LogP contribution < -0.4 is 4.74 Å². The van der Waals surface area contributed by atoms with Crippen LogP contribution in [0.2, 0.25) is 10.0 Å². The molecule has 0 saturated carbocycles. The summed E-state index contributed by atoms with van der Waals surface area (Å²) in [5, 5.41) is 11.1. The predicted octanol–water partition coefficient (Wildman–Crippen LogP) is 7.11. The van der Waals surface area contributed by atoms with Gasteiger partial charge in [0.15, 0.2) is 0 Å². The molecule has 0 fully saturated rings. The fourth-order valence-corrected chi connectivity index (χ4v) is 5.08. The van der Waals surface area contributed by atoms with Crippen molar-refractivity contribution in [1.29, 1.82) is 0 Å². The summed E-state index contributed by atoms with van der Waals surface area (Å²) in [7, 11) is 1.65. The van der Waals surface area contributed by atoms with Crippen LogP contribution in [0.1, 0.15) is 27.2 Å². The smallest absolute Gasteiger partial charge is 0.337 e. The van der Waals surface area contributed by atoms with Crippen LogP contribution in [0.25, 0.3) is 10.9 Å². The SMILES string of the molecule is COc1cc(C)c2cc(Cc3c(Cl)ccc(C(=O)O)c3Cl)n(Sc3ccccc3)c2c1. The van der Waals surface area contributed by atoms with Crippen LogP contribution in [0, 0.1) is 6.92 Å². The monoisotopic (exact) mass is 471 g/mol. The summed E-state index contributed by atoms with van der Waals surface area (Å²) in [5.74, 6) is -0.309. The number of fused-ring (bicyclic) bond motifs is 1. The molecule has 0 spiro atoms. The molecule has 3 aromatic carbocycles. The lowest BCUT2D eigenvalue weighted by Gasteiger charge is -2.13. The third-order valence-corrected chi connectivity index (χ3v) is 6.96. The summed E-state index contributed by atoms with van der Waals surface area (Å²) in [4.78, 5) is 12.6. The quantitative estimate of drug-likeness (QED) is 0.325. The van der Waals surface area contributed by atoms with Crippen LogP contribution >= 0.6 is 35.1 Å². The van der Waals surface area contributed by atoms with Crippen LogP contribution in [0.5, 0.6) is 5.75 Å². The summed E-state index contributed by atoms with van der Waals surface area (Å²) in [6.07, 6.45) is 0.384. The molecule has 4 aromatic rings. The Morgan fingerprint density at radius 2 is 1.84 bits per heavy atom. The molecule has 0 saturated heterocycles. The zero-order valence-electron chi connectivity index (χ0n) is 16.9. The fourth-order valence-electron chi connectivity index (χ4n) is 3.52. The Balaban J connectivity index is 1.90. The van der Waals surface area contributed by atoms with Crippen molar-refractivity contribution >= 4 is 52.0 Å². The van der Waals surface area contributed by atoms with E-state index in [1.54, 1.807) is 25.1 Å². The molecule has 0 aliphatic heterocycles. The van der Waals surface area contributed by atoms with E-state index in [1.807, 2.05) is 49.4 Å². The number of hydrogen-bond donors (Lipinski definition) is 1. The molecule has 0 bridgehead atoms. The normalized spacial score (nSPS) is 11.1. The van der Waals surface area contributed by atoms with Gasteiger partial charge in [0.1, 0.15) is 5.75 Å². The van der Waals surface area contributed by atoms with Gasteiger partial charge in [-0.3, -0.25) is 3.97 Å². The first-order valence-corrected chi connectivity index (χ1v) is 11.0. The molecule has 4 nitrogen and oxygen atoms in total. The molecule has 0 aliphatic carbocycles. The second-order valence-electron chi connectivity index (χ2n) is 7.08. The van der Waals surface area contributed by atoms with Gasteiger partial charge in [-0.2, -0.15) is 0 Å². The maximum atomic E-state index is 11.6. The van der Waals surface area contributed by atoms with Crippen LogP contribution in [0.4, 0.5) is 0 Å². The van der Waals surface area contributed by atoms with Crippen molar-refractivity contribution in [2.45, 2.75) is 18.2 Å². The van der Waals surface area contributed by atoms with Crippen LogP contribution in [0.3, 0.4) is 0 Å². The van der Waals surface area contributed by atoms with Gasteiger partial charge in [0.25, 0.3) is 0 Å².